The van der Waals surface area contributed by atoms with Crippen molar-refractivity contribution in [3.05, 3.63) is 11.7 Å². The van der Waals surface area contributed by atoms with Gasteiger partial charge < -0.3 is 15.2 Å². The van der Waals surface area contributed by atoms with Crippen LogP contribution in [0.2, 0.25) is 0 Å². The summed E-state index contributed by atoms with van der Waals surface area (Å²) in [6, 6.07) is 0. The molecule has 0 spiro atoms. The number of rotatable bonds is 5. The zero-order valence-electron chi connectivity index (χ0n) is 10.0. The van der Waals surface area contributed by atoms with Gasteiger partial charge in [-0.3, -0.25) is 4.79 Å². The highest BCUT2D eigenvalue weighted by atomic mass is 16.5. The van der Waals surface area contributed by atoms with Crippen molar-refractivity contribution in [2.75, 3.05) is 13.1 Å². The van der Waals surface area contributed by atoms with Gasteiger partial charge in [0.25, 0.3) is 0 Å². The van der Waals surface area contributed by atoms with E-state index in [9.17, 15) is 4.79 Å². The number of aromatic nitrogens is 2. The van der Waals surface area contributed by atoms with Gasteiger partial charge in [0.15, 0.2) is 5.82 Å². The van der Waals surface area contributed by atoms with Gasteiger partial charge in [-0.1, -0.05) is 5.16 Å². The van der Waals surface area contributed by atoms with Crippen LogP contribution in [0.3, 0.4) is 0 Å². The molecule has 6 heteroatoms. The molecule has 1 atom stereocenters. The van der Waals surface area contributed by atoms with Crippen LogP contribution in [0.5, 0.6) is 0 Å². The van der Waals surface area contributed by atoms with Gasteiger partial charge >= 0.3 is 0 Å². The third-order valence-corrected chi connectivity index (χ3v) is 2.95. The predicted molar refractivity (Wildman–Crippen MR) is 61.1 cm³/mol. The second-order valence-corrected chi connectivity index (χ2v) is 4.41. The van der Waals surface area contributed by atoms with E-state index in [1.165, 1.54) is 6.42 Å². The van der Waals surface area contributed by atoms with Crippen LogP contribution in [-0.4, -0.2) is 29.1 Å². The van der Waals surface area contributed by atoms with Crippen molar-refractivity contribution >= 4 is 5.91 Å². The van der Waals surface area contributed by atoms with E-state index in [2.05, 4.69) is 20.8 Å². The Labute approximate surface area is 100 Å². The first-order chi connectivity index (χ1) is 8.24. The molecule has 94 valence electrons. The van der Waals surface area contributed by atoms with E-state index in [-0.39, 0.29) is 5.91 Å². The lowest BCUT2D eigenvalue weighted by Crippen LogP contribution is -2.23. The van der Waals surface area contributed by atoms with E-state index >= 15 is 0 Å². The first-order valence-electron chi connectivity index (χ1n) is 6.00. The number of hydrogen-bond acceptors (Lipinski definition) is 5. The molecule has 0 bridgehead atoms. The van der Waals surface area contributed by atoms with Crippen LogP contribution in [0, 0.1) is 12.8 Å². The molecular weight excluding hydrogens is 220 g/mol. The summed E-state index contributed by atoms with van der Waals surface area (Å²) >= 11 is 0. The topological polar surface area (TPSA) is 80.0 Å². The molecule has 2 N–H and O–H groups in total. The van der Waals surface area contributed by atoms with Crippen LogP contribution in [0.1, 0.15) is 31.0 Å². The fourth-order valence-electron chi connectivity index (χ4n) is 1.97. The molecule has 1 aliphatic heterocycles. The Balaban J connectivity index is 1.63. The first kappa shape index (κ1) is 12.0. The van der Waals surface area contributed by atoms with Crippen molar-refractivity contribution in [2.45, 2.75) is 32.7 Å². The summed E-state index contributed by atoms with van der Waals surface area (Å²) in [4.78, 5) is 15.6. The van der Waals surface area contributed by atoms with E-state index in [0.717, 1.165) is 19.5 Å². The van der Waals surface area contributed by atoms with Gasteiger partial charge in [0.1, 0.15) is 0 Å². The smallest absolute Gasteiger partial charge is 0.246 e. The summed E-state index contributed by atoms with van der Waals surface area (Å²) in [6.07, 6.45) is 2.69. The fraction of sp³-hybridized carbons (Fsp3) is 0.727. The standard InChI is InChI=1S/C11H18N4O2/c1-8-14-11(17-15-8)7-13-10(16)3-2-9-4-5-12-6-9/h9,12H,2-7H2,1H3,(H,13,16). The second kappa shape index (κ2) is 5.77. The normalized spacial score (nSPS) is 19.5. The van der Waals surface area contributed by atoms with Gasteiger partial charge in [0.05, 0.1) is 6.54 Å². The van der Waals surface area contributed by atoms with Gasteiger partial charge in [0.2, 0.25) is 11.8 Å². The number of amides is 1. The monoisotopic (exact) mass is 238 g/mol. The average Bonchev–Trinajstić information content (AvgIpc) is 2.95. The van der Waals surface area contributed by atoms with Gasteiger partial charge in [-0.25, -0.2) is 0 Å². The average molecular weight is 238 g/mol. The molecule has 1 aromatic heterocycles. The second-order valence-electron chi connectivity index (χ2n) is 4.41. The zero-order chi connectivity index (χ0) is 12.1. The predicted octanol–water partition coefficient (Wildman–Crippen LogP) is 0.384. The Bertz CT molecular complexity index is 371. The summed E-state index contributed by atoms with van der Waals surface area (Å²) < 4.78 is 4.91. The molecule has 17 heavy (non-hydrogen) atoms. The van der Waals surface area contributed by atoms with Crippen LogP contribution in [-0.2, 0) is 11.3 Å². The lowest BCUT2D eigenvalue weighted by atomic mass is 10.0. The Hall–Kier alpha value is -1.43. The molecular formula is C11H18N4O2. The maximum absolute atomic E-state index is 11.6. The van der Waals surface area contributed by atoms with Crippen LogP contribution >= 0.6 is 0 Å². The maximum Gasteiger partial charge on any atom is 0.246 e. The Kier molecular flexibility index (Phi) is 4.08. The zero-order valence-corrected chi connectivity index (χ0v) is 10.0. The van der Waals surface area contributed by atoms with Crippen LogP contribution < -0.4 is 10.6 Å². The molecule has 1 aliphatic rings. The molecule has 1 unspecified atom stereocenters. The molecule has 1 aromatic rings. The minimum Gasteiger partial charge on any atom is -0.347 e. The molecule has 0 aromatic carbocycles. The number of carbonyl (C=O) groups excluding carboxylic acids is 1. The summed E-state index contributed by atoms with van der Waals surface area (Å²) in [6.45, 7) is 4.19. The molecule has 2 heterocycles. The SMILES string of the molecule is Cc1noc(CNC(=O)CCC2CCNC2)n1. The summed E-state index contributed by atoms with van der Waals surface area (Å²) in [7, 11) is 0. The highest BCUT2D eigenvalue weighted by molar-refractivity contribution is 5.75. The van der Waals surface area contributed by atoms with Crippen molar-refractivity contribution in [1.29, 1.82) is 0 Å². The lowest BCUT2D eigenvalue weighted by Gasteiger charge is -2.07. The fourth-order valence-corrected chi connectivity index (χ4v) is 1.97. The quantitative estimate of drug-likeness (QED) is 0.775. The Morgan fingerprint density at radius 3 is 3.18 bits per heavy atom. The molecule has 1 fully saturated rings. The molecule has 0 saturated carbocycles. The number of nitrogens with one attached hydrogen (secondary N) is 2. The van der Waals surface area contributed by atoms with E-state index in [0.29, 0.717) is 30.6 Å². The van der Waals surface area contributed by atoms with Gasteiger partial charge in [-0.15, -0.1) is 0 Å². The molecule has 2 rings (SSSR count). The number of aryl methyl sites for hydroxylation is 1. The van der Waals surface area contributed by atoms with Crippen molar-refractivity contribution < 1.29 is 9.32 Å². The Morgan fingerprint density at radius 1 is 1.65 bits per heavy atom. The van der Waals surface area contributed by atoms with Gasteiger partial charge in [-0.05, 0) is 38.8 Å². The van der Waals surface area contributed by atoms with E-state index in [1.54, 1.807) is 6.92 Å². The third kappa shape index (κ3) is 3.81. The summed E-state index contributed by atoms with van der Waals surface area (Å²) in [5, 5.41) is 9.73. The van der Waals surface area contributed by atoms with Crippen molar-refractivity contribution in [3.63, 3.8) is 0 Å². The van der Waals surface area contributed by atoms with Crippen LogP contribution in [0.25, 0.3) is 0 Å². The molecule has 0 aliphatic carbocycles. The highest BCUT2D eigenvalue weighted by Crippen LogP contribution is 2.13. The van der Waals surface area contributed by atoms with Crippen LogP contribution in [0.4, 0.5) is 0 Å². The van der Waals surface area contributed by atoms with Crippen molar-refractivity contribution in [3.8, 4) is 0 Å². The van der Waals surface area contributed by atoms with Crippen LogP contribution in [0.15, 0.2) is 4.52 Å². The minimum absolute atomic E-state index is 0.0488. The highest BCUT2D eigenvalue weighted by Gasteiger charge is 2.15. The molecule has 6 nitrogen and oxygen atoms in total. The molecule has 1 saturated heterocycles. The van der Waals surface area contributed by atoms with E-state index in [1.807, 2.05) is 0 Å². The number of hydrogen-bond donors (Lipinski definition) is 2. The van der Waals surface area contributed by atoms with E-state index in [4.69, 9.17) is 4.52 Å². The lowest BCUT2D eigenvalue weighted by molar-refractivity contribution is -0.121. The molecule has 1 amide bonds. The van der Waals surface area contributed by atoms with Crippen molar-refractivity contribution in [2.24, 2.45) is 5.92 Å². The Morgan fingerprint density at radius 2 is 2.53 bits per heavy atom. The number of carbonyl (C=O) groups is 1. The number of nitrogens with zero attached hydrogens (tertiary/aromatic N) is 2. The maximum atomic E-state index is 11.6. The van der Waals surface area contributed by atoms with E-state index < -0.39 is 0 Å². The largest absolute Gasteiger partial charge is 0.347 e. The third-order valence-electron chi connectivity index (χ3n) is 2.95. The van der Waals surface area contributed by atoms with Gasteiger partial charge in [0, 0.05) is 6.42 Å². The summed E-state index contributed by atoms with van der Waals surface area (Å²) in [5.41, 5.74) is 0. The molecule has 0 radical (unpaired) electrons. The van der Waals surface area contributed by atoms with Gasteiger partial charge in [-0.2, -0.15) is 4.98 Å². The minimum atomic E-state index is 0.0488. The van der Waals surface area contributed by atoms with Crippen molar-refractivity contribution in [1.82, 2.24) is 20.8 Å². The summed E-state index contributed by atoms with van der Waals surface area (Å²) in [5.74, 6) is 1.74. The first-order valence-corrected chi connectivity index (χ1v) is 6.00.